The standard InChI is InChI=1S/C14H21NO/c1-11(12(2)15)14(16)10-6-9-13-7-4-3-5-8-13/h3-5,7-8,11-12H,6,9-10,15H2,1-2H3. The number of Topliss-reactive ketones (excluding diaryl/α,β-unsaturated/α-hetero) is 1. The second-order valence-corrected chi connectivity index (χ2v) is 4.45. The van der Waals surface area contributed by atoms with Crippen LogP contribution < -0.4 is 5.73 Å². The molecule has 2 unspecified atom stereocenters. The molecule has 0 bridgehead atoms. The number of hydrogen-bond donors (Lipinski definition) is 1. The van der Waals surface area contributed by atoms with Gasteiger partial charge in [0.15, 0.2) is 0 Å². The summed E-state index contributed by atoms with van der Waals surface area (Å²) in [7, 11) is 0. The lowest BCUT2D eigenvalue weighted by Crippen LogP contribution is -2.30. The third-order valence-corrected chi connectivity index (χ3v) is 3.03. The average molecular weight is 219 g/mol. The first-order chi connectivity index (χ1) is 7.61. The molecular formula is C14H21NO. The number of carbonyl (C=O) groups excluding carboxylic acids is 1. The monoisotopic (exact) mass is 219 g/mol. The Morgan fingerprint density at radius 2 is 1.88 bits per heavy atom. The van der Waals surface area contributed by atoms with E-state index in [1.807, 2.05) is 32.0 Å². The maximum absolute atomic E-state index is 11.7. The Morgan fingerprint density at radius 3 is 2.44 bits per heavy atom. The minimum atomic E-state index is -0.0378. The summed E-state index contributed by atoms with van der Waals surface area (Å²) in [6.07, 6.45) is 2.52. The van der Waals surface area contributed by atoms with Crippen LogP contribution >= 0.6 is 0 Å². The van der Waals surface area contributed by atoms with Crippen molar-refractivity contribution in [3.63, 3.8) is 0 Å². The minimum Gasteiger partial charge on any atom is -0.327 e. The van der Waals surface area contributed by atoms with Crippen molar-refractivity contribution < 1.29 is 4.79 Å². The van der Waals surface area contributed by atoms with E-state index < -0.39 is 0 Å². The van der Waals surface area contributed by atoms with Gasteiger partial charge in [0, 0.05) is 18.4 Å². The smallest absolute Gasteiger partial charge is 0.137 e. The summed E-state index contributed by atoms with van der Waals surface area (Å²) >= 11 is 0. The third kappa shape index (κ3) is 4.15. The molecule has 0 aromatic heterocycles. The highest BCUT2D eigenvalue weighted by atomic mass is 16.1. The number of hydrogen-bond acceptors (Lipinski definition) is 2. The molecule has 0 amide bonds. The van der Waals surface area contributed by atoms with Gasteiger partial charge in [0.25, 0.3) is 0 Å². The highest BCUT2D eigenvalue weighted by molar-refractivity contribution is 5.81. The molecule has 0 saturated carbocycles. The molecule has 0 fully saturated rings. The van der Waals surface area contributed by atoms with E-state index >= 15 is 0 Å². The van der Waals surface area contributed by atoms with Gasteiger partial charge < -0.3 is 5.73 Å². The van der Waals surface area contributed by atoms with Gasteiger partial charge in [0.1, 0.15) is 5.78 Å². The van der Waals surface area contributed by atoms with Crippen molar-refractivity contribution in [2.75, 3.05) is 0 Å². The molecule has 0 heterocycles. The van der Waals surface area contributed by atoms with E-state index in [2.05, 4.69) is 12.1 Å². The van der Waals surface area contributed by atoms with Crippen LogP contribution in [0.25, 0.3) is 0 Å². The maximum atomic E-state index is 11.7. The second kappa shape index (κ2) is 6.44. The van der Waals surface area contributed by atoms with Gasteiger partial charge >= 0.3 is 0 Å². The fourth-order valence-electron chi connectivity index (χ4n) is 1.63. The Kier molecular flexibility index (Phi) is 5.20. The molecule has 1 aromatic carbocycles. The van der Waals surface area contributed by atoms with Gasteiger partial charge in [-0.1, -0.05) is 37.3 Å². The van der Waals surface area contributed by atoms with E-state index in [-0.39, 0.29) is 17.7 Å². The van der Waals surface area contributed by atoms with Crippen LogP contribution in [0.15, 0.2) is 30.3 Å². The van der Waals surface area contributed by atoms with Crippen LogP contribution in [0.1, 0.15) is 32.3 Å². The number of ketones is 1. The Morgan fingerprint density at radius 1 is 1.25 bits per heavy atom. The number of rotatable bonds is 6. The van der Waals surface area contributed by atoms with Gasteiger partial charge in [-0.3, -0.25) is 4.79 Å². The van der Waals surface area contributed by atoms with E-state index in [1.165, 1.54) is 5.56 Å². The largest absolute Gasteiger partial charge is 0.327 e. The quantitative estimate of drug-likeness (QED) is 0.799. The second-order valence-electron chi connectivity index (χ2n) is 4.45. The topological polar surface area (TPSA) is 43.1 Å². The van der Waals surface area contributed by atoms with Crippen molar-refractivity contribution in [1.82, 2.24) is 0 Å². The number of aryl methyl sites for hydroxylation is 1. The van der Waals surface area contributed by atoms with Gasteiger partial charge in [-0.25, -0.2) is 0 Å². The van der Waals surface area contributed by atoms with Gasteiger partial charge in [-0.15, -0.1) is 0 Å². The zero-order valence-electron chi connectivity index (χ0n) is 10.1. The molecule has 0 saturated heterocycles. The number of nitrogens with two attached hydrogens (primary N) is 1. The van der Waals surface area contributed by atoms with Gasteiger partial charge in [0.05, 0.1) is 0 Å². The number of carbonyl (C=O) groups is 1. The SMILES string of the molecule is CC(N)C(C)C(=O)CCCc1ccccc1. The Hall–Kier alpha value is -1.15. The van der Waals surface area contributed by atoms with E-state index in [0.29, 0.717) is 6.42 Å². The molecule has 2 nitrogen and oxygen atoms in total. The van der Waals surface area contributed by atoms with Gasteiger partial charge in [0.2, 0.25) is 0 Å². The Labute approximate surface area is 97.9 Å². The molecule has 2 heteroatoms. The average Bonchev–Trinajstić information content (AvgIpc) is 2.29. The molecule has 1 aromatic rings. The van der Waals surface area contributed by atoms with Crippen LogP contribution in [0.3, 0.4) is 0 Å². The summed E-state index contributed by atoms with van der Waals surface area (Å²) in [5.74, 6) is 0.265. The maximum Gasteiger partial charge on any atom is 0.137 e. The predicted molar refractivity (Wildman–Crippen MR) is 67.2 cm³/mol. The zero-order chi connectivity index (χ0) is 12.0. The molecule has 0 aliphatic carbocycles. The fraction of sp³-hybridized carbons (Fsp3) is 0.500. The summed E-state index contributed by atoms with van der Waals surface area (Å²) in [4.78, 5) is 11.7. The van der Waals surface area contributed by atoms with Crippen LogP contribution in [0.2, 0.25) is 0 Å². The molecule has 2 atom stereocenters. The minimum absolute atomic E-state index is 0.0178. The van der Waals surface area contributed by atoms with Gasteiger partial charge in [-0.2, -0.15) is 0 Å². The molecule has 16 heavy (non-hydrogen) atoms. The summed E-state index contributed by atoms with van der Waals surface area (Å²) in [5.41, 5.74) is 6.99. The van der Waals surface area contributed by atoms with Crippen molar-refractivity contribution in [2.24, 2.45) is 11.7 Å². The molecule has 88 valence electrons. The lowest BCUT2D eigenvalue weighted by atomic mass is 9.95. The first-order valence-corrected chi connectivity index (χ1v) is 5.93. The Bertz CT molecular complexity index is 319. The van der Waals surface area contributed by atoms with E-state index in [0.717, 1.165) is 12.8 Å². The van der Waals surface area contributed by atoms with Crippen molar-refractivity contribution in [2.45, 2.75) is 39.2 Å². The Balaban J connectivity index is 2.28. The van der Waals surface area contributed by atoms with Crippen molar-refractivity contribution in [3.05, 3.63) is 35.9 Å². The highest BCUT2D eigenvalue weighted by Crippen LogP contribution is 2.10. The first kappa shape index (κ1) is 12.9. The molecule has 0 radical (unpaired) electrons. The van der Waals surface area contributed by atoms with E-state index in [9.17, 15) is 4.79 Å². The highest BCUT2D eigenvalue weighted by Gasteiger charge is 2.15. The lowest BCUT2D eigenvalue weighted by Gasteiger charge is -2.13. The lowest BCUT2D eigenvalue weighted by molar-refractivity contribution is -0.122. The summed E-state index contributed by atoms with van der Waals surface area (Å²) in [5, 5.41) is 0. The van der Waals surface area contributed by atoms with Crippen LogP contribution in [-0.2, 0) is 11.2 Å². The van der Waals surface area contributed by atoms with Crippen molar-refractivity contribution in [1.29, 1.82) is 0 Å². The summed E-state index contributed by atoms with van der Waals surface area (Å²) < 4.78 is 0. The van der Waals surface area contributed by atoms with Crippen molar-refractivity contribution >= 4 is 5.78 Å². The van der Waals surface area contributed by atoms with E-state index in [4.69, 9.17) is 5.73 Å². The molecular weight excluding hydrogens is 198 g/mol. The first-order valence-electron chi connectivity index (χ1n) is 5.93. The molecule has 0 spiro atoms. The van der Waals surface area contributed by atoms with E-state index in [1.54, 1.807) is 0 Å². The third-order valence-electron chi connectivity index (χ3n) is 3.03. The fourth-order valence-corrected chi connectivity index (χ4v) is 1.63. The zero-order valence-corrected chi connectivity index (χ0v) is 10.1. The molecule has 0 aliphatic rings. The summed E-state index contributed by atoms with van der Waals surface area (Å²) in [6, 6.07) is 10.2. The van der Waals surface area contributed by atoms with Crippen LogP contribution in [0.4, 0.5) is 0 Å². The van der Waals surface area contributed by atoms with Crippen LogP contribution in [-0.4, -0.2) is 11.8 Å². The van der Waals surface area contributed by atoms with Crippen LogP contribution in [0.5, 0.6) is 0 Å². The molecule has 1 rings (SSSR count). The van der Waals surface area contributed by atoms with Gasteiger partial charge in [-0.05, 0) is 25.3 Å². The predicted octanol–water partition coefficient (Wildman–Crippen LogP) is 2.56. The van der Waals surface area contributed by atoms with Crippen LogP contribution in [0, 0.1) is 5.92 Å². The molecule has 2 N–H and O–H groups in total. The normalized spacial score (nSPS) is 14.4. The molecule has 0 aliphatic heterocycles. The number of benzene rings is 1. The van der Waals surface area contributed by atoms with Crippen molar-refractivity contribution in [3.8, 4) is 0 Å². The summed E-state index contributed by atoms with van der Waals surface area (Å²) in [6.45, 7) is 3.80.